The lowest BCUT2D eigenvalue weighted by molar-refractivity contribution is 0.714. The molecule has 0 saturated heterocycles. The molecule has 0 aliphatic heterocycles. The van der Waals surface area contributed by atoms with Crippen LogP contribution in [0.25, 0.3) is 11.3 Å². The van der Waals surface area contributed by atoms with E-state index in [4.69, 9.17) is 17.3 Å². The van der Waals surface area contributed by atoms with E-state index in [9.17, 15) is 0 Å². The highest BCUT2D eigenvalue weighted by Gasteiger charge is 2.07. The summed E-state index contributed by atoms with van der Waals surface area (Å²) in [5, 5.41) is 5.19. The molecule has 0 radical (unpaired) electrons. The normalized spacial score (nSPS) is 10.8. The topological polar surface area (TPSA) is 43.8 Å². The van der Waals surface area contributed by atoms with Crippen molar-refractivity contribution in [1.82, 2.24) is 9.78 Å². The Morgan fingerprint density at radius 2 is 2.12 bits per heavy atom. The van der Waals surface area contributed by atoms with Crippen LogP contribution in [0, 0.1) is 6.92 Å². The monoisotopic (exact) mass is 235 g/mol. The summed E-state index contributed by atoms with van der Waals surface area (Å²) >= 11 is 5.99. The van der Waals surface area contributed by atoms with Crippen molar-refractivity contribution >= 4 is 11.6 Å². The first-order valence-electron chi connectivity index (χ1n) is 5.11. The maximum absolute atomic E-state index is 5.99. The van der Waals surface area contributed by atoms with E-state index in [1.165, 1.54) is 0 Å². The van der Waals surface area contributed by atoms with Crippen LogP contribution in [0.2, 0.25) is 5.02 Å². The van der Waals surface area contributed by atoms with Crippen molar-refractivity contribution in [3.05, 3.63) is 40.5 Å². The van der Waals surface area contributed by atoms with Gasteiger partial charge in [0.2, 0.25) is 0 Å². The Balaban J connectivity index is 2.46. The molecule has 0 spiro atoms. The van der Waals surface area contributed by atoms with Crippen molar-refractivity contribution < 1.29 is 0 Å². The summed E-state index contributed by atoms with van der Waals surface area (Å²) in [6.07, 6.45) is 0. The fraction of sp³-hybridized carbons (Fsp3) is 0.250. The van der Waals surface area contributed by atoms with Gasteiger partial charge in [0.1, 0.15) is 0 Å². The van der Waals surface area contributed by atoms with Crippen LogP contribution in [-0.2, 0) is 13.6 Å². The Labute approximate surface area is 99.8 Å². The summed E-state index contributed by atoms with van der Waals surface area (Å²) < 4.78 is 1.80. The Kier molecular flexibility index (Phi) is 2.99. The van der Waals surface area contributed by atoms with Gasteiger partial charge in [-0.3, -0.25) is 4.68 Å². The summed E-state index contributed by atoms with van der Waals surface area (Å²) in [5.74, 6) is 0. The minimum absolute atomic E-state index is 0.496. The summed E-state index contributed by atoms with van der Waals surface area (Å²) in [5.41, 5.74) is 9.69. The molecule has 84 valence electrons. The molecule has 0 aliphatic rings. The third-order valence-electron chi connectivity index (χ3n) is 2.64. The molecule has 0 bridgehead atoms. The summed E-state index contributed by atoms with van der Waals surface area (Å²) in [7, 11) is 1.90. The number of nitrogens with two attached hydrogens (primary N) is 1. The molecule has 4 heteroatoms. The molecule has 0 amide bonds. The van der Waals surface area contributed by atoms with Gasteiger partial charge in [0.05, 0.1) is 11.4 Å². The molecule has 1 heterocycles. The zero-order valence-electron chi connectivity index (χ0n) is 9.37. The van der Waals surface area contributed by atoms with E-state index in [1.807, 2.05) is 38.2 Å². The second kappa shape index (κ2) is 4.28. The van der Waals surface area contributed by atoms with Gasteiger partial charge in [0, 0.05) is 24.2 Å². The average Bonchev–Trinajstić information content (AvgIpc) is 2.64. The lowest BCUT2D eigenvalue weighted by atomic mass is 10.1. The number of nitrogens with zero attached hydrogens (tertiary/aromatic N) is 2. The molecule has 0 unspecified atom stereocenters. The predicted molar refractivity (Wildman–Crippen MR) is 66.3 cm³/mol. The van der Waals surface area contributed by atoms with Crippen molar-refractivity contribution in [2.24, 2.45) is 12.8 Å². The Morgan fingerprint density at radius 1 is 1.38 bits per heavy atom. The van der Waals surface area contributed by atoms with Crippen molar-refractivity contribution in [1.29, 1.82) is 0 Å². The lowest BCUT2D eigenvalue weighted by Gasteiger charge is -2.00. The highest BCUT2D eigenvalue weighted by atomic mass is 35.5. The van der Waals surface area contributed by atoms with Crippen LogP contribution >= 0.6 is 11.6 Å². The maximum atomic E-state index is 5.99. The number of hydrogen-bond donors (Lipinski definition) is 1. The molecule has 1 aromatic carbocycles. The predicted octanol–water partition coefficient (Wildman–Crippen LogP) is 2.51. The smallest absolute Gasteiger partial charge is 0.0926 e. The zero-order valence-corrected chi connectivity index (χ0v) is 10.1. The average molecular weight is 236 g/mol. The van der Waals surface area contributed by atoms with Gasteiger partial charge < -0.3 is 5.73 Å². The molecule has 2 N–H and O–H groups in total. The van der Waals surface area contributed by atoms with Crippen LogP contribution < -0.4 is 5.73 Å². The van der Waals surface area contributed by atoms with Gasteiger partial charge in [-0.1, -0.05) is 17.7 Å². The number of hydrogen-bond acceptors (Lipinski definition) is 2. The molecular weight excluding hydrogens is 222 g/mol. The van der Waals surface area contributed by atoms with Crippen LogP contribution in [0.15, 0.2) is 24.3 Å². The molecule has 0 fully saturated rings. The standard InChI is InChI=1S/C12H14ClN3/c1-8-5-9(3-4-11(8)13)12-6-10(7-14)16(2)15-12/h3-6H,7,14H2,1-2H3. The highest BCUT2D eigenvalue weighted by molar-refractivity contribution is 6.31. The number of aryl methyl sites for hydroxylation is 2. The number of rotatable bonds is 2. The van der Waals surface area contributed by atoms with Gasteiger partial charge in [-0.2, -0.15) is 5.10 Å². The van der Waals surface area contributed by atoms with Gasteiger partial charge in [0.15, 0.2) is 0 Å². The van der Waals surface area contributed by atoms with E-state index in [2.05, 4.69) is 5.10 Å². The van der Waals surface area contributed by atoms with Crippen LogP contribution in [0.5, 0.6) is 0 Å². The van der Waals surface area contributed by atoms with E-state index >= 15 is 0 Å². The van der Waals surface area contributed by atoms with E-state index < -0.39 is 0 Å². The van der Waals surface area contributed by atoms with Crippen molar-refractivity contribution in [2.75, 3.05) is 0 Å². The third-order valence-corrected chi connectivity index (χ3v) is 3.06. The molecule has 0 saturated carbocycles. The molecule has 0 aliphatic carbocycles. The molecular formula is C12H14ClN3. The van der Waals surface area contributed by atoms with Crippen molar-refractivity contribution in [3.8, 4) is 11.3 Å². The number of halogens is 1. The SMILES string of the molecule is Cc1cc(-c2cc(CN)n(C)n2)ccc1Cl. The molecule has 0 atom stereocenters. The Bertz CT molecular complexity index is 517. The van der Waals surface area contributed by atoms with Crippen LogP contribution in [0.1, 0.15) is 11.3 Å². The second-order valence-corrected chi connectivity index (χ2v) is 4.22. The molecule has 3 nitrogen and oxygen atoms in total. The van der Waals surface area contributed by atoms with Gasteiger partial charge in [-0.05, 0) is 30.7 Å². The molecule has 16 heavy (non-hydrogen) atoms. The van der Waals surface area contributed by atoms with Crippen LogP contribution in [0.3, 0.4) is 0 Å². The number of aromatic nitrogens is 2. The fourth-order valence-corrected chi connectivity index (χ4v) is 1.76. The van der Waals surface area contributed by atoms with Gasteiger partial charge in [-0.15, -0.1) is 0 Å². The van der Waals surface area contributed by atoms with E-state index in [0.29, 0.717) is 6.54 Å². The Morgan fingerprint density at radius 3 is 2.69 bits per heavy atom. The summed E-state index contributed by atoms with van der Waals surface area (Å²) in [6.45, 7) is 2.48. The Hall–Kier alpha value is -1.32. The van der Waals surface area contributed by atoms with Gasteiger partial charge >= 0.3 is 0 Å². The summed E-state index contributed by atoms with van der Waals surface area (Å²) in [4.78, 5) is 0. The van der Waals surface area contributed by atoms with Crippen LogP contribution in [0.4, 0.5) is 0 Å². The third kappa shape index (κ3) is 1.96. The lowest BCUT2D eigenvalue weighted by Crippen LogP contribution is -2.03. The van der Waals surface area contributed by atoms with E-state index in [1.54, 1.807) is 4.68 Å². The largest absolute Gasteiger partial charge is 0.325 e. The second-order valence-electron chi connectivity index (χ2n) is 3.81. The highest BCUT2D eigenvalue weighted by Crippen LogP contribution is 2.24. The maximum Gasteiger partial charge on any atom is 0.0926 e. The molecule has 1 aromatic heterocycles. The van der Waals surface area contributed by atoms with Gasteiger partial charge in [-0.25, -0.2) is 0 Å². The minimum atomic E-state index is 0.496. The van der Waals surface area contributed by atoms with Gasteiger partial charge in [0.25, 0.3) is 0 Å². The summed E-state index contributed by atoms with van der Waals surface area (Å²) in [6, 6.07) is 7.90. The molecule has 2 rings (SSSR count). The van der Waals surface area contributed by atoms with E-state index in [0.717, 1.165) is 27.5 Å². The number of benzene rings is 1. The van der Waals surface area contributed by atoms with Crippen molar-refractivity contribution in [2.45, 2.75) is 13.5 Å². The minimum Gasteiger partial charge on any atom is -0.325 e. The van der Waals surface area contributed by atoms with Crippen molar-refractivity contribution in [3.63, 3.8) is 0 Å². The first-order valence-corrected chi connectivity index (χ1v) is 5.49. The molecule has 2 aromatic rings. The fourth-order valence-electron chi connectivity index (χ4n) is 1.64. The first kappa shape index (κ1) is 11.2. The zero-order chi connectivity index (χ0) is 11.7. The van der Waals surface area contributed by atoms with Crippen LogP contribution in [-0.4, -0.2) is 9.78 Å². The van der Waals surface area contributed by atoms with E-state index in [-0.39, 0.29) is 0 Å². The quantitative estimate of drug-likeness (QED) is 0.869. The first-order chi connectivity index (χ1) is 7.61.